The molecule has 0 amide bonds. The van der Waals surface area contributed by atoms with Crippen LogP contribution in [0, 0.1) is 0 Å². The number of hydrazine groups is 1. The zero-order valence-electron chi connectivity index (χ0n) is 17.6. The number of nitrogens with two attached hydrogens (primary N) is 1. The van der Waals surface area contributed by atoms with E-state index in [9.17, 15) is 8.42 Å². The Kier molecular flexibility index (Phi) is 6.52. The van der Waals surface area contributed by atoms with Crippen LogP contribution in [0.15, 0.2) is 59.6 Å². The van der Waals surface area contributed by atoms with Crippen LogP contribution in [0.4, 0.5) is 0 Å². The molecule has 0 bridgehead atoms. The van der Waals surface area contributed by atoms with E-state index >= 15 is 0 Å². The van der Waals surface area contributed by atoms with E-state index in [1.807, 2.05) is 42.5 Å². The number of hydrogen-bond donors (Lipinski definition) is 1. The lowest BCUT2D eigenvalue weighted by molar-refractivity contribution is 0.155. The van der Waals surface area contributed by atoms with Gasteiger partial charge in [-0.2, -0.15) is 12.7 Å². The molecule has 2 aromatic rings. The number of halogens is 1. The molecule has 9 heteroatoms. The summed E-state index contributed by atoms with van der Waals surface area (Å²) in [5.41, 5.74) is 8.14. The van der Waals surface area contributed by atoms with Crippen molar-refractivity contribution in [3.05, 3.63) is 70.7 Å². The van der Waals surface area contributed by atoms with E-state index in [0.29, 0.717) is 24.7 Å². The van der Waals surface area contributed by atoms with Gasteiger partial charge in [-0.1, -0.05) is 64.9 Å². The highest BCUT2D eigenvalue weighted by molar-refractivity contribution is 7.86. The summed E-state index contributed by atoms with van der Waals surface area (Å²) in [6, 6.07) is 16.9. The molecule has 2 fully saturated rings. The van der Waals surface area contributed by atoms with Gasteiger partial charge in [-0.3, -0.25) is 10.0 Å². The smallest absolute Gasteiger partial charge is 0.299 e. The molecule has 0 radical (unpaired) electrons. The van der Waals surface area contributed by atoms with Crippen molar-refractivity contribution < 1.29 is 8.42 Å². The van der Waals surface area contributed by atoms with Gasteiger partial charge >= 0.3 is 0 Å². The lowest BCUT2D eigenvalue weighted by atomic mass is 9.89. The predicted molar refractivity (Wildman–Crippen MR) is 124 cm³/mol. The van der Waals surface area contributed by atoms with Crippen LogP contribution in [0.5, 0.6) is 0 Å². The van der Waals surface area contributed by atoms with Crippen LogP contribution in [-0.4, -0.2) is 54.8 Å². The summed E-state index contributed by atoms with van der Waals surface area (Å²) in [6.07, 6.45) is 2.76. The van der Waals surface area contributed by atoms with Gasteiger partial charge in [0, 0.05) is 37.6 Å². The minimum Gasteiger partial charge on any atom is -0.369 e. The van der Waals surface area contributed by atoms with Crippen LogP contribution in [0.3, 0.4) is 0 Å². The van der Waals surface area contributed by atoms with E-state index < -0.39 is 16.3 Å². The predicted octanol–water partition coefficient (Wildman–Crippen LogP) is 3.37. The second-order valence-corrected chi connectivity index (χ2v) is 10.1. The Hall–Kier alpha value is -2.13. The molecule has 2 N–H and O–H groups in total. The largest absolute Gasteiger partial charge is 0.369 e. The average molecular weight is 462 g/mol. The maximum atomic E-state index is 13.9. The molecule has 2 saturated heterocycles. The number of guanidine groups is 1. The van der Waals surface area contributed by atoms with Gasteiger partial charge in [-0.25, -0.2) is 0 Å². The Morgan fingerprint density at radius 2 is 1.65 bits per heavy atom. The third kappa shape index (κ3) is 4.30. The number of rotatable bonds is 4. The summed E-state index contributed by atoms with van der Waals surface area (Å²) in [6.45, 7) is 1.44. The average Bonchev–Trinajstić information content (AvgIpc) is 3.22. The van der Waals surface area contributed by atoms with Crippen molar-refractivity contribution in [1.29, 1.82) is 0 Å². The van der Waals surface area contributed by atoms with Crippen LogP contribution in [0.25, 0.3) is 0 Å². The minimum atomic E-state index is -3.82. The highest BCUT2D eigenvalue weighted by atomic mass is 35.5. The van der Waals surface area contributed by atoms with E-state index in [2.05, 4.69) is 4.99 Å². The Morgan fingerprint density at radius 3 is 2.26 bits per heavy atom. The quantitative estimate of drug-likeness (QED) is 0.559. The van der Waals surface area contributed by atoms with Gasteiger partial charge in [-0.15, -0.1) is 0 Å². The summed E-state index contributed by atoms with van der Waals surface area (Å²) < 4.78 is 30.9. The van der Waals surface area contributed by atoms with Gasteiger partial charge in [0.05, 0.1) is 6.04 Å². The Balaban J connectivity index is 1.86. The van der Waals surface area contributed by atoms with Crippen LogP contribution >= 0.6 is 11.6 Å². The molecule has 31 heavy (non-hydrogen) atoms. The molecule has 7 nitrogen and oxygen atoms in total. The normalized spacial score (nSPS) is 23.9. The molecule has 2 aliphatic rings. The molecule has 0 aromatic heterocycles. The fourth-order valence-electron chi connectivity index (χ4n) is 4.47. The minimum absolute atomic E-state index is 0.123. The van der Waals surface area contributed by atoms with E-state index in [4.69, 9.17) is 17.3 Å². The molecule has 0 aliphatic carbocycles. The molecule has 0 saturated carbocycles. The molecule has 2 aromatic carbocycles. The highest BCUT2D eigenvalue weighted by Crippen LogP contribution is 2.45. The van der Waals surface area contributed by atoms with Gasteiger partial charge < -0.3 is 5.73 Å². The second-order valence-electron chi connectivity index (χ2n) is 7.92. The summed E-state index contributed by atoms with van der Waals surface area (Å²) in [4.78, 5) is 4.12. The molecule has 0 spiro atoms. The molecule has 1 unspecified atom stereocenters. The zero-order valence-corrected chi connectivity index (χ0v) is 19.1. The number of aliphatic imine (C=N–C) groups is 1. The first-order valence-electron chi connectivity index (χ1n) is 10.5. The summed E-state index contributed by atoms with van der Waals surface area (Å²) in [7, 11) is -2.24. The first-order chi connectivity index (χ1) is 14.9. The molecule has 2 heterocycles. The highest BCUT2D eigenvalue weighted by Gasteiger charge is 2.50. The molecule has 2 aliphatic heterocycles. The monoisotopic (exact) mass is 461 g/mol. The topological polar surface area (TPSA) is 82.2 Å². The summed E-state index contributed by atoms with van der Waals surface area (Å²) >= 11 is 6.13. The van der Waals surface area contributed by atoms with Crippen LogP contribution in [-0.2, 0) is 10.2 Å². The van der Waals surface area contributed by atoms with Crippen molar-refractivity contribution in [1.82, 2.24) is 13.7 Å². The lowest BCUT2D eigenvalue weighted by Gasteiger charge is -2.37. The molecule has 2 atom stereocenters. The van der Waals surface area contributed by atoms with Crippen molar-refractivity contribution in [2.45, 2.75) is 31.2 Å². The summed E-state index contributed by atoms with van der Waals surface area (Å²) in [5, 5.41) is 2.22. The first kappa shape index (κ1) is 22.1. The standard InChI is InChI=1S/C22H28ClN5O2S/c1-25-22(24)27-16-20(17-8-4-2-5-9-17)21(18-10-12-19(23)13-11-18)28(27)31(29,30)26-14-6-3-7-15-26/h2,4-5,8-13,20-21H,3,6-7,14-16H2,1H3,(H2,24,25)/t20-,21?/m1/s1. The second kappa shape index (κ2) is 9.16. The fraction of sp³-hybridized carbons (Fsp3) is 0.409. The van der Waals surface area contributed by atoms with Gasteiger partial charge in [0.15, 0.2) is 0 Å². The van der Waals surface area contributed by atoms with E-state index in [-0.39, 0.29) is 11.9 Å². The summed E-state index contributed by atoms with van der Waals surface area (Å²) in [5.74, 6) is 0.0558. The molecule has 166 valence electrons. The maximum Gasteiger partial charge on any atom is 0.299 e. The lowest BCUT2D eigenvalue weighted by Crippen LogP contribution is -2.54. The SMILES string of the molecule is CN=C(N)N1C[C@H](c2ccccc2)C(c2ccc(Cl)cc2)N1S(=O)(=O)N1CCCCC1. The van der Waals surface area contributed by atoms with Crippen molar-refractivity contribution in [2.75, 3.05) is 26.7 Å². The Labute approximate surface area is 189 Å². The van der Waals surface area contributed by atoms with Crippen molar-refractivity contribution in [3.63, 3.8) is 0 Å². The van der Waals surface area contributed by atoms with Gasteiger partial charge in [0.1, 0.15) is 0 Å². The molecule has 4 rings (SSSR count). The Morgan fingerprint density at radius 1 is 1.00 bits per heavy atom. The number of hydrogen-bond acceptors (Lipinski definition) is 3. The van der Waals surface area contributed by atoms with Crippen LogP contribution < -0.4 is 5.73 Å². The number of benzene rings is 2. The van der Waals surface area contributed by atoms with Gasteiger partial charge in [0.2, 0.25) is 5.96 Å². The number of piperidine rings is 1. The zero-order chi connectivity index (χ0) is 22.0. The van der Waals surface area contributed by atoms with Gasteiger partial charge in [0.25, 0.3) is 10.2 Å². The van der Waals surface area contributed by atoms with E-state index in [0.717, 1.165) is 30.4 Å². The van der Waals surface area contributed by atoms with E-state index in [1.54, 1.807) is 28.5 Å². The molecular weight excluding hydrogens is 434 g/mol. The molecular formula is C22H28ClN5O2S. The van der Waals surface area contributed by atoms with Crippen LogP contribution in [0.2, 0.25) is 5.02 Å². The van der Waals surface area contributed by atoms with Gasteiger partial charge in [-0.05, 0) is 36.1 Å². The third-order valence-corrected chi connectivity index (χ3v) is 8.20. The van der Waals surface area contributed by atoms with Crippen molar-refractivity contribution in [3.8, 4) is 0 Å². The van der Waals surface area contributed by atoms with Crippen molar-refractivity contribution in [2.24, 2.45) is 10.7 Å². The fourth-order valence-corrected chi connectivity index (χ4v) is 6.51. The maximum absolute atomic E-state index is 13.9. The third-order valence-electron chi connectivity index (χ3n) is 6.04. The van der Waals surface area contributed by atoms with E-state index in [1.165, 1.54) is 4.41 Å². The van der Waals surface area contributed by atoms with Crippen molar-refractivity contribution >= 4 is 27.8 Å². The Bertz CT molecular complexity index is 1020. The first-order valence-corrected chi connectivity index (χ1v) is 12.3. The van der Waals surface area contributed by atoms with Crippen LogP contribution in [0.1, 0.15) is 42.3 Å². The number of nitrogens with zero attached hydrogens (tertiary/aromatic N) is 4.